The molecule has 132 valence electrons. The second-order valence-corrected chi connectivity index (χ2v) is 6.79. The minimum Gasteiger partial charge on any atom is -0.357 e. The fraction of sp³-hybridized carbons (Fsp3) is 0.389. The second kappa shape index (κ2) is 8.62. The van der Waals surface area contributed by atoms with Crippen LogP contribution in [0.15, 0.2) is 35.2 Å². The Bertz CT molecular complexity index is 694. The van der Waals surface area contributed by atoms with Gasteiger partial charge >= 0.3 is 0 Å². The maximum Gasteiger partial charge on any atom is 0.252 e. The van der Waals surface area contributed by atoms with Crippen molar-refractivity contribution < 1.29 is 9.59 Å². The molecule has 3 heterocycles. The monoisotopic (exact) mass is 358 g/mol. The minimum atomic E-state index is -0.143. The molecule has 2 amide bonds. The van der Waals surface area contributed by atoms with Crippen LogP contribution < -0.4 is 15.5 Å². The summed E-state index contributed by atoms with van der Waals surface area (Å²) in [4.78, 5) is 30.4. The smallest absolute Gasteiger partial charge is 0.252 e. The van der Waals surface area contributed by atoms with Crippen molar-refractivity contribution in [3.05, 3.63) is 46.3 Å². The topological polar surface area (TPSA) is 74.3 Å². The first-order valence-corrected chi connectivity index (χ1v) is 9.43. The Labute approximate surface area is 151 Å². The second-order valence-electron chi connectivity index (χ2n) is 6.01. The number of thiophene rings is 1. The van der Waals surface area contributed by atoms with E-state index in [1.54, 1.807) is 11.4 Å². The third-order valence-corrected chi connectivity index (χ3v) is 4.83. The van der Waals surface area contributed by atoms with E-state index in [0.717, 1.165) is 24.5 Å². The van der Waals surface area contributed by atoms with Crippen LogP contribution in [0.5, 0.6) is 0 Å². The molecule has 0 aliphatic carbocycles. The molecule has 2 N–H and O–H groups in total. The molecule has 1 aliphatic rings. The molecule has 2 aromatic rings. The normalized spacial score (nSPS) is 13.7. The van der Waals surface area contributed by atoms with E-state index in [1.165, 1.54) is 24.2 Å². The molecule has 0 atom stereocenters. The Hall–Kier alpha value is -2.41. The van der Waals surface area contributed by atoms with E-state index in [1.807, 2.05) is 23.7 Å². The van der Waals surface area contributed by atoms with Gasteiger partial charge in [-0.1, -0.05) is 6.07 Å². The summed E-state index contributed by atoms with van der Waals surface area (Å²) in [6, 6.07) is 5.77. The van der Waals surface area contributed by atoms with Crippen LogP contribution in [0.3, 0.4) is 0 Å². The number of amides is 2. The van der Waals surface area contributed by atoms with Crippen molar-refractivity contribution in [2.24, 2.45) is 0 Å². The summed E-state index contributed by atoms with van der Waals surface area (Å²) < 4.78 is 0. The summed E-state index contributed by atoms with van der Waals surface area (Å²) in [5, 5.41) is 9.23. The highest BCUT2D eigenvalue weighted by molar-refractivity contribution is 7.08. The molecule has 0 aromatic carbocycles. The molecule has 2 aromatic heterocycles. The summed E-state index contributed by atoms with van der Waals surface area (Å²) in [5.74, 6) is 0.772. The lowest BCUT2D eigenvalue weighted by molar-refractivity contribution is -0.121. The van der Waals surface area contributed by atoms with Crippen molar-refractivity contribution in [1.82, 2.24) is 15.6 Å². The lowest BCUT2D eigenvalue weighted by Crippen LogP contribution is -2.30. The van der Waals surface area contributed by atoms with Gasteiger partial charge in [0.1, 0.15) is 5.82 Å². The number of aromatic nitrogens is 1. The van der Waals surface area contributed by atoms with Crippen LogP contribution in [0.2, 0.25) is 0 Å². The zero-order valence-electron chi connectivity index (χ0n) is 14.0. The first-order valence-electron chi connectivity index (χ1n) is 8.49. The van der Waals surface area contributed by atoms with Gasteiger partial charge in [-0.05, 0) is 35.9 Å². The largest absolute Gasteiger partial charge is 0.357 e. The Morgan fingerprint density at radius 1 is 1.16 bits per heavy atom. The molecule has 1 saturated heterocycles. The Kier molecular flexibility index (Phi) is 6.00. The zero-order valence-corrected chi connectivity index (χ0v) is 14.8. The van der Waals surface area contributed by atoms with Crippen molar-refractivity contribution in [3.63, 3.8) is 0 Å². The number of anilines is 1. The van der Waals surface area contributed by atoms with Crippen LogP contribution in [0.25, 0.3) is 0 Å². The number of carbonyl (C=O) groups excluding carboxylic acids is 2. The highest BCUT2D eigenvalue weighted by Crippen LogP contribution is 2.17. The standard InChI is InChI=1S/C18H22N4O2S/c23-17(5-7-19-18(24)15-6-10-25-13-15)21-12-14-3-4-16(20-11-14)22-8-1-2-9-22/h3-4,6,10-11,13H,1-2,5,7-9,12H2,(H,19,24)(H,21,23). The maximum absolute atomic E-state index is 11.9. The van der Waals surface area contributed by atoms with Gasteiger partial charge in [0.05, 0.1) is 0 Å². The lowest BCUT2D eigenvalue weighted by Gasteiger charge is -2.16. The number of carbonyl (C=O) groups is 2. The summed E-state index contributed by atoms with van der Waals surface area (Å²) in [7, 11) is 0. The van der Waals surface area contributed by atoms with E-state index < -0.39 is 0 Å². The van der Waals surface area contributed by atoms with Gasteiger partial charge in [-0.25, -0.2) is 4.98 Å². The van der Waals surface area contributed by atoms with E-state index in [4.69, 9.17) is 0 Å². The Morgan fingerprint density at radius 2 is 2.00 bits per heavy atom. The number of hydrogen-bond acceptors (Lipinski definition) is 5. The van der Waals surface area contributed by atoms with Crippen LogP contribution in [-0.4, -0.2) is 36.4 Å². The van der Waals surface area contributed by atoms with Gasteiger partial charge in [-0.15, -0.1) is 0 Å². The van der Waals surface area contributed by atoms with Crippen LogP contribution >= 0.6 is 11.3 Å². The Morgan fingerprint density at radius 3 is 2.68 bits per heavy atom. The number of rotatable bonds is 7. The highest BCUT2D eigenvalue weighted by Gasteiger charge is 2.13. The fourth-order valence-electron chi connectivity index (χ4n) is 2.73. The molecular weight excluding hydrogens is 336 g/mol. The van der Waals surface area contributed by atoms with Gasteiger partial charge in [0.25, 0.3) is 5.91 Å². The fourth-order valence-corrected chi connectivity index (χ4v) is 3.36. The van der Waals surface area contributed by atoms with Crippen molar-refractivity contribution in [2.45, 2.75) is 25.8 Å². The predicted molar refractivity (Wildman–Crippen MR) is 98.8 cm³/mol. The Balaban J connectivity index is 1.36. The van der Waals surface area contributed by atoms with Gasteiger partial charge in [0, 0.05) is 49.7 Å². The van der Waals surface area contributed by atoms with E-state index in [2.05, 4.69) is 20.5 Å². The summed E-state index contributed by atoms with van der Waals surface area (Å²) >= 11 is 1.47. The molecular formula is C18H22N4O2S. The van der Waals surface area contributed by atoms with Crippen molar-refractivity contribution in [2.75, 3.05) is 24.5 Å². The molecule has 0 bridgehead atoms. The van der Waals surface area contributed by atoms with Crippen molar-refractivity contribution in [3.8, 4) is 0 Å². The number of nitrogens with zero attached hydrogens (tertiary/aromatic N) is 2. The number of pyridine rings is 1. The van der Waals surface area contributed by atoms with Gasteiger partial charge in [-0.2, -0.15) is 11.3 Å². The predicted octanol–water partition coefficient (Wildman–Crippen LogP) is 2.18. The van der Waals surface area contributed by atoms with Gasteiger partial charge in [0.2, 0.25) is 5.91 Å². The van der Waals surface area contributed by atoms with E-state index in [-0.39, 0.29) is 18.2 Å². The van der Waals surface area contributed by atoms with Crippen molar-refractivity contribution >= 4 is 29.0 Å². The zero-order chi connectivity index (χ0) is 17.5. The van der Waals surface area contributed by atoms with E-state index in [9.17, 15) is 9.59 Å². The SMILES string of the molecule is O=C(CCNC(=O)c1ccsc1)NCc1ccc(N2CCCC2)nc1. The van der Waals surface area contributed by atoms with Gasteiger partial charge in [0.15, 0.2) is 0 Å². The van der Waals surface area contributed by atoms with Crippen LogP contribution in [0.1, 0.15) is 35.2 Å². The molecule has 0 radical (unpaired) electrons. The minimum absolute atomic E-state index is 0.0887. The van der Waals surface area contributed by atoms with Crippen LogP contribution in [-0.2, 0) is 11.3 Å². The molecule has 0 spiro atoms. The molecule has 1 aliphatic heterocycles. The average molecular weight is 358 g/mol. The molecule has 0 saturated carbocycles. The summed E-state index contributed by atoms with van der Waals surface area (Å²) in [6.45, 7) is 2.91. The molecule has 1 fully saturated rings. The quantitative estimate of drug-likeness (QED) is 0.796. The lowest BCUT2D eigenvalue weighted by atomic mass is 10.2. The molecule has 6 nitrogen and oxygen atoms in total. The average Bonchev–Trinajstić information content (AvgIpc) is 3.34. The highest BCUT2D eigenvalue weighted by atomic mass is 32.1. The molecule has 0 unspecified atom stereocenters. The third kappa shape index (κ3) is 5.03. The number of hydrogen-bond donors (Lipinski definition) is 2. The van der Waals surface area contributed by atoms with Gasteiger partial charge < -0.3 is 15.5 Å². The molecule has 3 rings (SSSR count). The summed E-state index contributed by atoms with van der Waals surface area (Å²) in [5.41, 5.74) is 1.60. The van der Waals surface area contributed by atoms with Crippen LogP contribution in [0, 0.1) is 0 Å². The maximum atomic E-state index is 11.9. The first-order chi connectivity index (χ1) is 12.2. The van der Waals surface area contributed by atoms with Crippen LogP contribution in [0.4, 0.5) is 5.82 Å². The van der Waals surface area contributed by atoms with Gasteiger partial charge in [-0.3, -0.25) is 9.59 Å². The number of nitrogens with one attached hydrogen (secondary N) is 2. The third-order valence-electron chi connectivity index (χ3n) is 4.15. The summed E-state index contributed by atoms with van der Waals surface area (Å²) in [6.07, 6.45) is 4.52. The molecule has 25 heavy (non-hydrogen) atoms. The first kappa shape index (κ1) is 17.4. The van der Waals surface area contributed by atoms with E-state index in [0.29, 0.717) is 18.7 Å². The van der Waals surface area contributed by atoms with E-state index >= 15 is 0 Å². The van der Waals surface area contributed by atoms with Crippen molar-refractivity contribution in [1.29, 1.82) is 0 Å². The molecule has 7 heteroatoms.